The van der Waals surface area contributed by atoms with E-state index in [0.717, 1.165) is 11.4 Å². The highest BCUT2D eigenvalue weighted by Crippen LogP contribution is 2.26. The second-order valence-electron chi connectivity index (χ2n) is 5.13. The van der Waals surface area contributed by atoms with E-state index in [0.29, 0.717) is 27.5 Å². The fourth-order valence-electron chi connectivity index (χ4n) is 2.67. The molecule has 0 radical (unpaired) electrons. The number of halogens is 1. The topological polar surface area (TPSA) is 63.2 Å². The predicted octanol–water partition coefficient (Wildman–Crippen LogP) is 1.31. The average Bonchev–Trinajstić information content (AvgIpc) is 2.91. The van der Waals surface area contributed by atoms with Gasteiger partial charge in [-0.2, -0.15) is 0 Å². The highest BCUT2D eigenvalue weighted by atomic mass is 35.5. The molecule has 7 heteroatoms. The quantitative estimate of drug-likeness (QED) is 0.702. The van der Waals surface area contributed by atoms with E-state index in [2.05, 4.69) is 4.98 Å². The van der Waals surface area contributed by atoms with Crippen molar-refractivity contribution >= 4 is 35.2 Å². The second kappa shape index (κ2) is 4.91. The summed E-state index contributed by atoms with van der Waals surface area (Å²) in [6.45, 7) is 3.99. The van der Waals surface area contributed by atoms with E-state index in [1.54, 1.807) is 12.1 Å². The fourth-order valence-corrected chi connectivity index (χ4v) is 2.95. The van der Waals surface area contributed by atoms with Crippen molar-refractivity contribution in [3.8, 4) is 5.95 Å². The summed E-state index contributed by atoms with van der Waals surface area (Å²) in [5.74, 6) is 0.694. The van der Waals surface area contributed by atoms with Gasteiger partial charge in [-0.1, -0.05) is 17.7 Å². The number of rotatable bonds is 2. The lowest BCUT2D eigenvalue weighted by atomic mass is 9.79. The van der Waals surface area contributed by atoms with Gasteiger partial charge in [-0.15, -0.1) is 0 Å². The van der Waals surface area contributed by atoms with Crippen LogP contribution in [0.3, 0.4) is 0 Å². The van der Waals surface area contributed by atoms with E-state index in [-0.39, 0.29) is 0 Å². The van der Waals surface area contributed by atoms with Crippen molar-refractivity contribution in [3.63, 3.8) is 0 Å². The zero-order valence-electron chi connectivity index (χ0n) is 12.0. The van der Waals surface area contributed by atoms with Crippen LogP contribution in [0.5, 0.6) is 0 Å². The van der Waals surface area contributed by atoms with Gasteiger partial charge in [0.25, 0.3) is 0 Å². The summed E-state index contributed by atoms with van der Waals surface area (Å²) in [5, 5.41) is 19.5. The number of nitrogens with zero attached hydrogens (tertiary/aromatic N) is 3. The summed E-state index contributed by atoms with van der Waals surface area (Å²) in [5.41, 5.74) is 3.63. The standard InChI is InChI=1S/C14H15BClN3O2/c1-8-4-5-9(2)19(8)14-17-12-10(15(20)21)6-7-11(16)13(12)18(14)3/h4-7,20-21H,1-3H3. The highest BCUT2D eigenvalue weighted by molar-refractivity contribution is 6.62. The summed E-state index contributed by atoms with van der Waals surface area (Å²) in [4.78, 5) is 4.58. The third-order valence-electron chi connectivity index (χ3n) is 3.73. The van der Waals surface area contributed by atoms with Gasteiger partial charge in [-0.3, -0.25) is 4.57 Å². The molecule has 0 spiro atoms. The minimum absolute atomic E-state index is 0.346. The number of aryl methyl sites for hydroxylation is 3. The molecule has 0 aliphatic carbocycles. The molecule has 21 heavy (non-hydrogen) atoms. The van der Waals surface area contributed by atoms with Gasteiger partial charge in [0.2, 0.25) is 5.95 Å². The van der Waals surface area contributed by atoms with Gasteiger partial charge in [-0.25, -0.2) is 4.98 Å². The van der Waals surface area contributed by atoms with Gasteiger partial charge >= 0.3 is 7.12 Å². The molecule has 0 aliphatic rings. The molecule has 0 atom stereocenters. The lowest BCUT2D eigenvalue weighted by molar-refractivity contribution is 0.426. The molecule has 108 valence electrons. The van der Waals surface area contributed by atoms with Gasteiger partial charge in [0.1, 0.15) is 0 Å². The first-order chi connectivity index (χ1) is 9.91. The minimum atomic E-state index is -1.58. The maximum atomic E-state index is 9.51. The van der Waals surface area contributed by atoms with Gasteiger partial charge in [0, 0.05) is 23.9 Å². The van der Waals surface area contributed by atoms with Crippen molar-refractivity contribution in [1.82, 2.24) is 14.1 Å². The second-order valence-corrected chi connectivity index (χ2v) is 5.54. The molecule has 3 rings (SSSR count). The number of aromatic nitrogens is 3. The molecule has 2 heterocycles. The molecule has 0 aliphatic heterocycles. The first-order valence-electron chi connectivity index (χ1n) is 6.58. The number of hydrogen-bond donors (Lipinski definition) is 2. The minimum Gasteiger partial charge on any atom is -0.423 e. The monoisotopic (exact) mass is 303 g/mol. The maximum Gasteiger partial charge on any atom is 0.490 e. The van der Waals surface area contributed by atoms with Crippen LogP contribution < -0.4 is 5.46 Å². The Morgan fingerprint density at radius 2 is 1.71 bits per heavy atom. The zero-order chi connectivity index (χ0) is 15.3. The van der Waals surface area contributed by atoms with Crippen LogP contribution in [0.25, 0.3) is 17.0 Å². The van der Waals surface area contributed by atoms with Crippen LogP contribution in [-0.2, 0) is 7.05 Å². The smallest absolute Gasteiger partial charge is 0.423 e. The number of imidazole rings is 1. The lowest BCUT2D eigenvalue weighted by Crippen LogP contribution is -2.30. The van der Waals surface area contributed by atoms with Crippen molar-refractivity contribution < 1.29 is 10.0 Å². The van der Waals surface area contributed by atoms with Crippen molar-refractivity contribution in [3.05, 3.63) is 40.7 Å². The van der Waals surface area contributed by atoms with Gasteiger partial charge in [0.15, 0.2) is 0 Å². The summed E-state index contributed by atoms with van der Waals surface area (Å²) >= 11 is 6.26. The van der Waals surface area contributed by atoms with Crippen LogP contribution in [0.15, 0.2) is 24.3 Å². The van der Waals surface area contributed by atoms with E-state index >= 15 is 0 Å². The molecule has 3 aromatic rings. The Bertz CT molecular complexity index is 819. The number of hydrogen-bond acceptors (Lipinski definition) is 3. The van der Waals surface area contributed by atoms with Gasteiger partial charge in [-0.05, 0) is 32.0 Å². The van der Waals surface area contributed by atoms with Crippen LogP contribution in [0.1, 0.15) is 11.4 Å². The van der Waals surface area contributed by atoms with Crippen molar-refractivity contribution in [2.45, 2.75) is 13.8 Å². The molecule has 2 aromatic heterocycles. The summed E-state index contributed by atoms with van der Waals surface area (Å²) < 4.78 is 3.87. The normalized spacial score (nSPS) is 11.3. The van der Waals surface area contributed by atoms with E-state index in [4.69, 9.17) is 11.6 Å². The molecule has 0 unspecified atom stereocenters. The molecule has 1 aromatic carbocycles. The van der Waals surface area contributed by atoms with E-state index in [1.165, 1.54) is 0 Å². The third-order valence-corrected chi connectivity index (χ3v) is 4.03. The molecular weight excluding hydrogens is 288 g/mol. The SMILES string of the molecule is Cc1ccc(C)n1-c1nc2c(B(O)O)ccc(Cl)c2n1C. The Morgan fingerprint density at radius 3 is 2.29 bits per heavy atom. The van der Waals surface area contributed by atoms with Crippen LogP contribution >= 0.6 is 11.6 Å². The van der Waals surface area contributed by atoms with Gasteiger partial charge < -0.3 is 14.6 Å². The maximum absolute atomic E-state index is 9.51. The number of benzene rings is 1. The molecule has 0 amide bonds. The van der Waals surface area contributed by atoms with Crippen LogP contribution in [0, 0.1) is 13.8 Å². The van der Waals surface area contributed by atoms with Gasteiger partial charge in [0.05, 0.1) is 16.1 Å². The molecule has 0 fully saturated rings. The molecule has 0 bridgehead atoms. The first-order valence-corrected chi connectivity index (χ1v) is 6.96. The van der Waals surface area contributed by atoms with Crippen LogP contribution in [0.4, 0.5) is 0 Å². The molecule has 0 saturated carbocycles. The summed E-state index contributed by atoms with van der Waals surface area (Å²) in [6.07, 6.45) is 0. The molecule has 0 saturated heterocycles. The first kappa shape index (κ1) is 14.2. The summed E-state index contributed by atoms with van der Waals surface area (Å²) in [7, 11) is 0.280. The largest absolute Gasteiger partial charge is 0.490 e. The third kappa shape index (κ3) is 2.07. The molecule has 5 nitrogen and oxygen atoms in total. The van der Waals surface area contributed by atoms with Crippen LogP contribution in [0.2, 0.25) is 5.02 Å². The Balaban J connectivity index is 2.39. The average molecular weight is 304 g/mol. The lowest BCUT2D eigenvalue weighted by Gasteiger charge is -2.09. The number of fused-ring (bicyclic) bond motifs is 1. The van der Waals surface area contributed by atoms with Crippen molar-refractivity contribution in [2.24, 2.45) is 7.05 Å². The van der Waals surface area contributed by atoms with Crippen molar-refractivity contribution in [2.75, 3.05) is 0 Å². The van der Waals surface area contributed by atoms with Crippen molar-refractivity contribution in [1.29, 1.82) is 0 Å². The zero-order valence-corrected chi connectivity index (χ0v) is 12.8. The molecule has 2 N–H and O–H groups in total. The van der Waals surface area contributed by atoms with Crippen LogP contribution in [-0.4, -0.2) is 31.3 Å². The Morgan fingerprint density at radius 1 is 1.10 bits per heavy atom. The Labute approximate surface area is 127 Å². The highest BCUT2D eigenvalue weighted by Gasteiger charge is 2.22. The predicted molar refractivity (Wildman–Crippen MR) is 84.4 cm³/mol. The van der Waals surface area contributed by atoms with E-state index in [1.807, 2.05) is 42.2 Å². The summed E-state index contributed by atoms with van der Waals surface area (Å²) in [6, 6.07) is 7.26. The Kier molecular flexibility index (Phi) is 3.32. The molecular formula is C14H15BClN3O2. The fraction of sp³-hybridized carbons (Fsp3) is 0.214. The van der Waals surface area contributed by atoms with E-state index in [9.17, 15) is 10.0 Å². The van der Waals surface area contributed by atoms with E-state index < -0.39 is 7.12 Å². The Hall–Kier alpha value is -1.76.